The first-order chi connectivity index (χ1) is 8.63. The van der Waals surface area contributed by atoms with E-state index in [-0.39, 0.29) is 18.2 Å². The molecule has 1 aromatic heterocycles. The summed E-state index contributed by atoms with van der Waals surface area (Å²) < 4.78 is 0. The highest BCUT2D eigenvalue weighted by atomic mass is 32.2. The Labute approximate surface area is 111 Å². The lowest BCUT2D eigenvalue weighted by Crippen LogP contribution is -2.35. The maximum atomic E-state index is 12.0. The summed E-state index contributed by atoms with van der Waals surface area (Å²) in [5.74, 6) is 2.82. The Balaban J connectivity index is 2.32. The normalized spacial score (nSPS) is 21.2. The molecular formula is C12H19N3O2S. The number of hydrogen-bond acceptors (Lipinski definition) is 5. The first-order valence-electron chi connectivity index (χ1n) is 6.12. The van der Waals surface area contributed by atoms with Crippen molar-refractivity contribution in [3.63, 3.8) is 0 Å². The molecule has 0 amide bonds. The van der Waals surface area contributed by atoms with Crippen LogP contribution in [0.4, 0.5) is 0 Å². The van der Waals surface area contributed by atoms with E-state index in [2.05, 4.69) is 21.9 Å². The number of aliphatic hydroxyl groups is 1. The largest absolute Gasteiger partial charge is 0.396 e. The van der Waals surface area contributed by atoms with E-state index in [0.717, 1.165) is 29.6 Å². The van der Waals surface area contributed by atoms with Crippen LogP contribution in [0, 0.1) is 6.92 Å². The van der Waals surface area contributed by atoms with Crippen LogP contribution < -0.4 is 5.56 Å². The molecule has 0 saturated carbocycles. The molecule has 2 N–H and O–H groups in total. The second kappa shape index (κ2) is 5.86. The van der Waals surface area contributed by atoms with E-state index in [9.17, 15) is 4.79 Å². The van der Waals surface area contributed by atoms with Crippen LogP contribution >= 0.6 is 11.8 Å². The number of nitrogens with one attached hydrogen (secondary N) is 1. The van der Waals surface area contributed by atoms with Crippen LogP contribution in [0.2, 0.25) is 0 Å². The molecule has 6 heteroatoms. The molecule has 1 atom stereocenters. The van der Waals surface area contributed by atoms with E-state index in [4.69, 9.17) is 5.11 Å². The van der Waals surface area contributed by atoms with Gasteiger partial charge in [0.25, 0.3) is 5.56 Å². The predicted octanol–water partition coefficient (Wildman–Crippen LogP) is 0.333. The van der Waals surface area contributed by atoms with Gasteiger partial charge in [-0.25, -0.2) is 4.98 Å². The molecule has 0 bridgehead atoms. The van der Waals surface area contributed by atoms with Crippen molar-refractivity contribution in [2.45, 2.75) is 19.4 Å². The fourth-order valence-corrected chi connectivity index (χ4v) is 3.39. The average Bonchev–Trinajstić information content (AvgIpc) is 2.34. The average molecular weight is 269 g/mol. The van der Waals surface area contributed by atoms with Gasteiger partial charge in [-0.3, -0.25) is 9.69 Å². The first kappa shape index (κ1) is 13.6. The van der Waals surface area contributed by atoms with E-state index < -0.39 is 0 Å². The van der Waals surface area contributed by atoms with E-state index in [1.54, 1.807) is 0 Å². The number of H-pyrrole nitrogens is 1. The van der Waals surface area contributed by atoms with Crippen LogP contribution in [-0.4, -0.2) is 51.7 Å². The third-order valence-electron chi connectivity index (χ3n) is 3.31. The fraction of sp³-hybridized carbons (Fsp3) is 0.667. The van der Waals surface area contributed by atoms with Crippen molar-refractivity contribution in [2.24, 2.45) is 0 Å². The Bertz CT molecular complexity index is 475. The summed E-state index contributed by atoms with van der Waals surface area (Å²) in [4.78, 5) is 21.6. The monoisotopic (exact) mass is 269 g/mol. The van der Waals surface area contributed by atoms with Gasteiger partial charge in [0.05, 0.1) is 6.04 Å². The Kier molecular flexibility index (Phi) is 4.42. The quantitative estimate of drug-likeness (QED) is 0.828. The van der Waals surface area contributed by atoms with Crippen molar-refractivity contribution >= 4 is 11.8 Å². The minimum absolute atomic E-state index is 0.0237. The zero-order valence-corrected chi connectivity index (χ0v) is 11.6. The van der Waals surface area contributed by atoms with Crippen LogP contribution in [0.5, 0.6) is 0 Å². The SMILES string of the molecule is Cc1nc(C2CSCCN2C)[nH]c(=O)c1CCO. The van der Waals surface area contributed by atoms with E-state index in [1.807, 2.05) is 18.7 Å². The van der Waals surface area contributed by atoms with Gasteiger partial charge in [-0.2, -0.15) is 11.8 Å². The Morgan fingerprint density at radius 2 is 2.39 bits per heavy atom. The number of nitrogens with zero attached hydrogens (tertiary/aromatic N) is 2. The molecule has 0 aromatic carbocycles. The molecule has 0 radical (unpaired) electrons. The number of aliphatic hydroxyl groups excluding tert-OH is 1. The number of hydrogen-bond donors (Lipinski definition) is 2. The molecule has 0 spiro atoms. The van der Waals surface area contributed by atoms with Crippen molar-refractivity contribution in [2.75, 3.05) is 31.7 Å². The second-order valence-electron chi connectivity index (χ2n) is 4.56. The standard InChI is InChI=1S/C12H19N3O2S/c1-8-9(3-5-16)12(17)14-11(13-8)10-7-18-6-4-15(10)2/h10,16H,3-7H2,1-2H3,(H,13,14,17). The maximum absolute atomic E-state index is 12.0. The summed E-state index contributed by atoms with van der Waals surface area (Å²) in [6, 6.07) is 0.179. The summed E-state index contributed by atoms with van der Waals surface area (Å²) in [7, 11) is 2.06. The van der Waals surface area contributed by atoms with Crippen LogP contribution in [0.25, 0.3) is 0 Å². The van der Waals surface area contributed by atoms with Crippen LogP contribution in [0.1, 0.15) is 23.1 Å². The van der Waals surface area contributed by atoms with E-state index >= 15 is 0 Å². The highest BCUT2D eigenvalue weighted by Crippen LogP contribution is 2.25. The number of aryl methyl sites for hydroxylation is 1. The van der Waals surface area contributed by atoms with Gasteiger partial charge in [0.2, 0.25) is 0 Å². The van der Waals surface area contributed by atoms with Gasteiger partial charge >= 0.3 is 0 Å². The van der Waals surface area contributed by atoms with Gasteiger partial charge in [0, 0.05) is 42.3 Å². The molecule has 1 aliphatic heterocycles. The van der Waals surface area contributed by atoms with Crippen molar-refractivity contribution in [3.8, 4) is 0 Å². The zero-order valence-electron chi connectivity index (χ0n) is 10.8. The zero-order chi connectivity index (χ0) is 13.1. The molecule has 18 heavy (non-hydrogen) atoms. The third-order valence-corrected chi connectivity index (χ3v) is 4.34. The summed E-state index contributed by atoms with van der Waals surface area (Å²) in [5, 5.41) is 8.94. The van der Waals surface area contributed by atoms with Crippen molar-refractivity contribution in [3.05, 3.63) is 27.4 Å². The number of aromatic nitrogens is 2. The summed E-state index contributed by atoms with van der Waals surface area (Å²) in [6.07, 6.45) is 0.365. The Hall–Kier alpha value is -0.850. The molecule has 1 unspecified atom stereocenters. The lowest BCUT2D eigenvalue weighted by molar-refractivity contribution is 0.263. The van der Waals surface area contributed by atoms with Gasteiger partial charge in [-0.1, -0.05) is 0 Å². The summed E-state index contributed by atoms with van der Waals surface area (Å²) in [6.45, 7) is 2.82. The Morgan fingerprint density at radius 1 is 1.61 bits per heavy atom. The fourth-order valence-electron chi connectivity index (χ4n) is 2.17. The van der Waals surface area contributed by atoms with Crippen LogP contribution in [0.3, 0.4) is 0 Å². The Morgan fingerprint density at radius 3 is 3.00 bits per heavy atom. The van der Waals surface area contributed by atoms with Gasteiger partial charge < -0.3 is 10.1 Å². The summed E-state index contributed by atoms with van der Waals surface area (Å²) >= 11 is 1.88. The number of rotatable bonds is 3. The second-order valence-corrected chi connectivity index (χ2v) is 5.71. The third kappa shape index (κ3) is 2.76. The highest BCUT2D eigenvalue weighted by molar-refractivity contribution is 7.99. The van der Waals surface area contributed by atoms with Gasteiger partial charge in [-0.05, 0) is 14.0 Å². The summed E-state index contributed by atoms with van der Waals surface area (Å²) in [5.41, 5.74) is 1.20. The van der Waals surface area contributed by atoms with Crippen molar-refractivity contribution in [1.82, 2.24) is 14.9 Å². The first-order valence-corrected chi connectivity index (χ1v) is 7.27. The molecule has 2 rings (SSSR count). The number of thioether (sulfide) groups is 1. The maximum Gasteiger partial charge on any atom is 0.254 e. The van der Waals surface area contributed by atoms with Crippen LogP contribution in [-0.2, 0) is 6.42 Å². The van der Waals surface area contributed by atoms with Gasteiger partial charge in [-0.15, -0.1) is 0 Å². The molecule has 1 saturated heterocycles. The minimum atomic E-state index is -0.115. The van der Waals surface area contributed by atoms with Gasteiger partial charge in [0.15, 0.2) is 0 Å². The molecule has 1 aliphatic rings. The van der Waals surface area contributed by atoms with Gasteiger partial charge in [0.1, 0.15) is 5.82 Å². The molecular weight excluding hydrogens is 250 g/mol. The predicted molar refractivity (Wildman–Crippen MR) is 73.1 cm³/mol. The lowest BCUT2D eigenvalue weighted by atomic mass is 10.1. The smallest absolute Gasteiger partial charge is 0.254 e. The van der Waals surface area contributed by atoms with E-state index in [0.29, 0.717) is 12.0 Å². The highest BCUT2D eigenvalue weighted by Gasteiger charge is 2.24. The molecule has 1 fully saturated rings. The lowest BCUT2D eigenvalue weighted by Gasteiger charge is -2.31. The topological polar surface area (TPSA) is 69.2 Å². The molecule has 5 nitrogen and oxygen atoms in total. The van der Waals surface area contributed by atoms with Crippen molar-refractivity contribution in [1.29, 1.82) is 0 Å². The molecule has 100 valence electrons. The molecule has 2 heterocycles. The van der Waals surface area contributed by atoms with Crippen molar-refractivity contribution < 1.29 is 5.11 Å². The van der Waals surface area contributed by atoms with Crippen LogP contribution in [0.15, 0.2) is 4.79 Å². The molecule has 1 aromatic rings. The minimum Gasteiger partial charge on any atom is -0.396 e. The number of aromatic amines is 1. The van der Waals surface area contributed by atoms with E-state index in [1.165, 1.54) is 0 Å². The molecule has 0 aliphatic carbocycles.